The molecule has 20 heavy (non-hydrogen) atoms. The molecular formula is C16H19NO2Si. The van der Waals surface area contributed by atoms with E-state index in [-0.39, 0.29) is 13.2 Å². The fraction of sp³-hybridized carbons (Fsp3) is 0.312. The van der Waals surface area contributed by atoms with Crippen molar-refractivity contribution in [1.82, 2.24) is 5.32 Å². The lowest BCUT2D eigenvalue weighted by molar-refractivity contribution is 0.141. The van der Waals surface area contributed by atoms with Gasteiger partial charge >= 0.3 is 6.09 Å². The molecule has 0 fully saturated rings. The Morgan fingerprint density at radius 3 is 2.55 bits per heavy atom. The zero-order chi connectivity index (χ0) is 14.8. The number of carbonyl (C=O) groups excluding carboxylic acids is 1. The van der Waals surface area contributed by atoms with Crippen molar-refractivity contribution in [2.75, 3.05) is 6.54 Å². The highest BCUT2D eigenvalue weighted by molar-refractivity contribution is 6.83. The number of hydrogen-bond acceptors (Lipinski definition) is 2. The van der Waals surface area contributed by atoms with Crippen LogP contribution in [0, 0.1) is 23.3 Å². The van der Waals surface area contributed by atoms with E-state index < -0.39 is 14.2 Å². The second kappa shape index (κ2) is 8.09. The summed E-state index contributed by atoms with van der Waals surface area (Å²) in [6, 6.07) is 9.53. The minimum absolute atomic E-state index is 0.244. The molecule has 0 aromatic heterocycles. The van der Waals surface area contributed by atoms with Crippen LogP contribution in [0.3, 0.4) is 0 Å². The Hall–Kier alpha value is -2.17. The Morgan fingerprint density at radius 2 is 1.90 bits per heavy atom. The predicted octanol–water partition coefficient (Wildman–Crippen LogP) is 2.80. The number of nitrogens with one attached hydrogen (secondary N) is 1. The van der Waals surface area contributed by atoms with Gasteiger partial charge in [-0.25, -0.2) is 4.79 Å². The summed E-state index contributed by atoms with van der Waals surface area (Å²) in [5, 5.41) is 2.56. The van der Waals surface area contributed by atoms with Crippen molar-refractivity contribution >= 4 is 14.2 Å². The van der Waals surface area contributed by atoms with Gasteiger partial charge in [-0.15, -0.1) is 5.54 Å². The first-order valence-electron chi connectivity index (χ1n) is 6.42. The van der Waals surface area contributed by atoms with E-state index in [1.165, 1.54) is 0 Å². The first kappa shape index (κ1) is 15.9. The molecular weight excluding hydrogens is 266 g/mol. The minimum atomic E-state index is -1.37. The monoisotopic (exact) mass is 285 g/mol. The topological polar surface area (TPSA) is 38.3 Å². The van der Waals surface area contributed by atoms with E-state index in [2.05, 4.69) is 48.3 Å². The van der Waals surface area contributed by atoms with Crippen LogP contribution in [-0.2, 0) is 11.3 Å². The maximum absolute atomic E-state index is 11.4. The summed E-state index contributed by atoms with van der Waals surface area (Å²) in [5.74, 6) is 8.31. The summed E-state index contributed by atoms with van der Waals surface area (Å²) < 4.78 is 5.04. The zero-order valence-electron chi connectivity index (χ0n) is 12.1. The molecule has 104 valence electrons. The molecule has 0 radical (unpaired) electrons. The molecule has 0 aliphatic rings. The average molecular weight is 285 g/mol. The fourth-order valence-electron chi connectivity index (χ4n) is 1.20. The highest BCUT2D eigenvalue weighted by Gasteiger charge is 2.06. The molecule has 0 aliphatic heterocycles. The van der Waals surface area contributed by atoms with E-state index in [4.69, 9.17) is 4.74 Å². The zero-order valence-corrected chi connectivity index (χ0v) is 13.1. The summed E-state index contributed by atoms with van der Waals surface area (Å²) in [4.78, 5) is 11.4. The van der Waals surface area contributed by atoms with Gasteiger partial charge < -0.3 is 10.1 Å². The molecule has 1 aromatic carbocycles. The minimum Gasteiger partial charge on any atom is -0.445 e. The predicted molar refractivity (Wildman–Crippen MR) is 83.5 cm³/mol. The largest absolute Gasteiger partial charge is 0.445 e. The first-order valence-corrected chi connectivity index (χ1v) is 9.92. The van der Waals surface area contributed by atoms with Gasteiger partial charge in [0, 0.05) is 0 Å². The Kier molecular flexibility index (Phi) is 6.42. The van der Waals surface area contributed by atoms with Gasteiger partial charge in [0.2, 0.25) is 0 Å². The lowest BCUT2D eigenvalue weighted by Crippen LogP contribution is -2.24. The molecule has 0 heterocycles. The smallest absolute Gasteiger partial charge is 0.408 e. The van der Waals surface area contributed by atoms with E-state index in [1.807, 2.05) is 30.3 Å². The summed E-state index contributed by atoms with van der Waals surface area (Å²) >= 11 is 0. The van der Waals surface area contributed by atoms with Crippen LogP contribution < -0.4 is 5.32 Å². The fourth-order valence-corrected chi connectivity index (χ4v) is 1.64. The summed E-state index contributed by atoms with van der Waals surface area (Å²) in [6.07, 6.45) is -0.471. The van der Waals surface area contributed by atoms with Gasteiger partial charge in [-0.05, 0) is 17.4 Å². The van der Waals surface area contributed by atoms with Gasteiger partial charge in [0.05, 0.1) is 6.54 Å². The molecule has 0 spiro atoms. The molecule has 0 bridgehead atoms. The van der Waals surface area contributed by atoms with Gasteiger partial charge in [0.1, 0.15) is 14.7 Å². The van der Waals surface area contributed by atoms with Gasteiger partial charge in [-0.3, -0.25) is 0 Å². The van der Waals surface area contributed by atoms with Crippen molar-refractivity contribution < 1.29 is 9.53 Å². The van der Waals surface area contributed by atoms with Crippen molar-refractivity contribution in [2.45, 2.75) is 26.2 Å². The number of benzene rings is 1. The third-order valence-electron chi connectivity index (χ3n) is 2.12. The molecule has 1 aromatic rings. The maximum Gasteiger partial charge on any atom is 0.408 e. The molecule has 4 heteroatoms. The summed E-state index contributed by atoms with van der Waals surface area (Å²) in [5.41, 5.74) is 4.08. The van der Waals surface area contributed by atoms with Crippen molar-refractivity contribution in [1.29, 1.82) is 0 Å². The number of amides is 1. The number of hydrogen-bond donors (Lipinski definition) is 1. The lowest BCUT2D eigenvalue weighted by atomic mass is 10.2. The third kappa shape index (κ3) is 8.02. The Balaban J connectivity index is 2.24. The number of alkyl carbamates (subject to hydrolysis) is 1. The van der Waals surface area contributed by atoms with E-state index in [0.29, 0.717) is 0 Å². The molecule has 0 saturated heterocycles. The molecule has 1 amide bonds. The van der Waals surface area contributed by atoms with Crippen LogP contribution in [0.1, 0.15) is 5.56 Å². The van der Waals surface area contributed by atoms with Crippen LogP contribution in [0.5, 0.6) is 0 Å². The van der Waals surface area contributed by atoms with Crippen LogP contribution in [0.15, 0.2) is 30.3 Å². The van der Waals surface area contributed by atoms with Crippen molar-refractivity contribution in [2.24, 2.45) is 0 Å². The SMILES string of the molecule is C[Si](C)(C)C#CC#CCNC(=O)OCc1ccccc1. The van der Waals surface area contributed by atoms with Crippen LogP contribution >= 0.6 is 0 Å². The highest BCUT2D eigenvalue weighted by Crippen LogP contribution is 2.00. The molecule has 0 atom stereocenters. The quantitative estimate of drug-likeness (QED) is 0.685. The van der Waals surface area contributed by atoms with Gasteiger partial charge in [-0.1, -0.05) is 55.9 Å². The van der Waals surface area contributed by atoms with E-state index in [9.17, 15) is 4.79 Å². The lowest BCUT2D eigenvalue weighted by Gasteiger charge is -2.04. The van der Waals surface area contributed by atoms with Crippen molar-refractivity contribution in [3.63, 3.8) is 0 Å². The molecule has 0 unspecified atom stereocenters. The standard InChI is InChI=1S/C16H19NO2Si/c1-20(2,3)13-9-5-8-12-17-16(18)19-14-15-10-6-4-7-11-15/h4,6-7,10-11H,12,14H2,1-3H3,(H,17,18). The van der Waals surface area contributed by atoms with Gasteiger partial charge in [-0.2, -0.15) is 0 Å². The second-order valence-corrected chi connectivity index (χ2v) is 9.97. The van der Waals surface area contributed by atoms with E-state index in [0.717, 1.165) is 5.56 Å². The van der Waals surface area contributed by atoms with Crippen molar-refractivity contribution in [3.8, 4) is 23.3 Å². The van der Waals surface area contributed by atoms with Crippen LogP contribution in [0.2, 0.25) is 19.6 Å². The van der Waals surface area contributed by atoms with E-state index in [1.54, 1.807) is 0 Å². The summed E-state index contributed by atoms with van der Waals surface area (Å²) in [6.45, 7) is 6.96. The molecule has 1 rings (SSSR count). The third-order valence-corrected chi connectivity index (χ3v) is 3.00. The molecule has 0 saturated carbocycles. The molecule has 1 N–H and O–H groups in total. The van der Waals surface area contributed by atoms with Crippen LogP contribution in [-0.4, -0.2) is 20.7 Å². The Morgan fingerprint density at radius 1 is 1.20 bits per heavy atom. The van der Waals surface area contributed by atoms with E-state index >= 15 is 0 Å². The second-order valence-electron chi connectivity index (χ2n) is 5.22. The van der Waals surface area contributed by atoms with Crippen LogP contribution in [0.25, 0.3) is 0 Å². The first-order chi connectivity index (χ1) is 9.47. The number of ether oxygens (including phenoxy) is 1. The normalized spacial score (nSPS) is 9.55. The molecule has 0 aliphatic carbocycles. The van der Waals surface area contributed by atoms with Crippen molar-refractivity contribution in [3.05, 3.63) is 35.9 Å². The highest BCUT2D eigenvalue weighted by atomic mass is 28.3. The van der Waals surface area contributed by atoms with Gasteiger partial charge in [0.15, 0.2) is 0 Å². The maximum atomic E-state index is 11.4. The van der Waals surface area contributed by atoms with Crippen LogP contribution in [0.4, 0.5) is 4.79 Å². The summed E-state index contributed by atoms with van der Waals surface area (Å²) in [7, 11) is -1.37. The average Bonchev–Trinajstić information content (AvgIpc) is 2.40. The Bertz CT molecular complexity index is 553. The number of carbonyl (C=O) groups is 1. The molecule has 3 nitrogen and oxygen atoms in total. The Labute approximate surface area is 121 Å². The van der Waals surface area contributed by atoms with Gasteiger partial charge in [0.25, 0.3) is 0 Å². The number of rotatable bonds is 3.